The Balaban J connectivity index is 1.46. The van der Waals surface area contributed by atoms with Gasteiger partial charge in [-0.2, -0.15) is 0 Å². The molecule has 1 aliphatic heterocycles. The van der Waals surface area contributed by atoms with Crippen LogP contribution in [0.15, 0.2) is 24.3 Å². The van der Waals surface area contributed by atoms with Crippen LogP contribution in [0.3, 0.4) is 0 Å². The predicted molar refractivity (Wildman–Crippen MR) is 147 cm³/mol. The van der Waals surface area contributed by atoms with Gasteiger partial charge in [0.05, 0.1) is 29.0 Å². The highest BCUT2D eigenvalue weighted by molar-refractivity contribution is 7.92. The number of carbonyl (C=O) groups excluding carboxylic acids is 1. The smallest absolute Gasteiger partial charge is 0.232 e. The zero-order valence-corrected chi connectivity index (χ0v) is 23.1. The number of nitrogens with one attached hydrogen (secondary N) is 1. The van der Waals surface area contributed by atoms with Crippen LogP contribution < -0.4 is 9.62 Å². The van der Waals surface area contributed by atoms with Gasteiger partial charge in [0.2, 0.25) is 10.0 Å². The van der Waals surface area contributed by atoms with Gasteiger partial charge in [0.1, 0.15) is 23.4 Å². The van der Waals surface area contributed by atoms with Gasteiger partial charge in [0, 0.05) is 26.0 Å². The molecule has 1 aromatic carbocycles. The number of sulfonamides is 1. The Bertz CT molecular complexity index is 1500. The number of pyridine rings is 1. The fourth-order valence-corrected chi connectivity index (χ4v) is 5.83. The van der Waals surface area contributed by atoms with Gasteiger partial charge in [-0.3, -0.25) is 13.7 Å². The third-order valence-electron chi connectivity index (χ3n) is 7.89. The van der Waals surface area contributed by atoms with E-state index in [0.29, 0.717) is 46.4 Å². The molecule has 3 fully saturated rings. The van der Waals surface area contributed by atoms with Crippen molar-refractivity contribution in [2.45, 2.75) is 70.4 Å². The summed E-state index contributed by atoms with van der Waals surface area (Å²) >= 11 is 0. The molecule has 0 spiro atoms. The molecule has 3 aliphatic rings. The Kier molecular flexibility index (Phi) is 6.42. The Morgan fingerprint density at radius 2 is 1.89 bits per heavy atom. The fraction of sp³-hybridized carbons (Fsp3) is 0.536. The summed E-state index contributed by atoms with van der Waals surface area (Å²) in [5.41, 5.74) is 5.14. The Hall–Kier alpha value is -2.98. The van der Waals surface area contributed by atoms with Crippen LogP contribution in [-0.4, -0.2) is 48.6 Å². The Labute approximate surface area is 223 Å². The number of nitrogens with zero attached hydrogens (tertiary/aromatic N) is 4. The second kappa shape index (κ2) is 9.64. The van der Waals surface area contributed by atoms with E-state index in [1.165, 1.54) is 10.6 Å². The second-order valence-corrected chi connectivity index (χ2v) is 13.0. The van der Waals surface area contributed by atoms with Gasteiger partial charge in [-0.15, -0.1) is 0 Å². The molecule has 2 saturated carbocycles. The van der Waals surface area contributed by atoms with E-state index < -0.39 is 10.0 Å². The fourth-order valence-electron chi connectivity index (χ4n) is 5.32. The summed E-state index contributed by atoms with van der Waals surface area (Å²) in [7, 11) is -1.90. The van der Waals surface area contributed by atoms with E-state index in [0.717, 1.165) is 56.3 Å². The molecule has 1 unspecified atom stereocenters. The molecule has 3 heterocycles. The van der Waals surface area contributed by atoms with Crippen molar-refractivity contribution in [3.63, 3.8) is 0 Å². The van der Waals surface area contributed by atoms with Gasteiger partial charge in [-0.1, -0.05) is 6.07 Å². The van der Waals surface area contributed by atoms with Crippen LogP contribution in [0.25, 0.3) is 11.2 Å². The molecule has 2 aromatic heterocycles. The average Bonchev–Trinajstić information content (AvgIpc) is 3.80. The maximum absolute atomic E-state index is 12.8. The van der Waals surface area contributed by atoms with E-state index >= 15 is 0 Å². The van der Waals surface area contributed by atoms with Crippen LogP contribution in [0.1, 0.15) is 74.2 Å². The van der Waals surface area contributed by atoms with Crippen molar-refractivity contribution in [3.05, 3.63) is 41.3 Å². The molecule has 9 nitrogen and oxygen atoms in total. The van der Waals surface area contributed by atoms with E-state index in [4.69, 9.17) is 14.7 Å². The number of ketones is 1. The van der Waals surface area contributed by atoms with Crippen molar-refractivity contribution >= 4 is 44.0 Å². The third kappa shape index (κ3) is 5.03. The lowest BCUT2D eigenvalue weighted by molar-refractivity contribution is -0.119. The Morgan fingerprint density at radius 3 is 2.55 bits per heavy atom. The number of hydrogen-bond acceptors (Lipinski definition) is 7. The van der Waals surface area contributed by atoms with E-state index in [1.54, 1.807) is 7.05 Å². The number of ether oxygens (including phenoxy) is 1. The van der Waals surface area contributed by atoms with Crippen LogP contribution in [0.5, 0.6) is 0 Å². The Morgan fingerprint density at radius 1 is 1.11 bits per heavy atom. The molecule has 1 atom stereocenters. The highest BCUT2D eigenvalue weighted by atomic mass is 32.2. The number of imidazole rings is 1. The van der Waals surface area contributed by atoms with E-state index in [2.05, 4.69) is 11.4 Å². The number of benzene rings is 1. The molecule has 6 rings (SSSR count). The van der Waals surface area contributed by atoms with Gasteiger partial charge in [0.15, 0.2) is 5.65 Å². The average molecular weight is 538 g/mol. The number of aromatic nitrogens is 3. The summed E-state index contributed by atoms with van der Waals surface area (Å²) in [6.07, 6.45) is 8.48. The van der Waals surface area contributed by atoms with Gasteiger partial charge < -0.3 is 10.1 Å². The first-order valence-electron chi connectivity index (χ1n) is 13.6. The maximum Gasteiger partial charge on any atom is 0.232 e. The number of rotatable bonds is 9. The summed E-state index contributed by atoms with van der Waals surface area (Å²) in [6.45, 7) is 2.65. The highest BCUT2D eigenvalue weighted by Gasteiger charge is 2.31. The molecule has 3 aromatic rings. The van der Waals surface area contributed by atoms with Crippen LogP contribution in [0.4, 0.5) is 17.1 Å². The molecular weight excluding hydrogens is 502 g/mol. The van der Waals surface area contributed by atoms with Crippen LogP contribution in [0, 0.1) is 12.8 Å². The molecule has 2 aliphatic carbocycles. The van der Waals surface area contributed by atoms with E-state index in [-0.39, 0.29) is 24.3 Å². The maximum atomic E-state index is 12.8. The summed E-state index contributed by atoms with van der Waals surface area (Å²) < 4.78 is 34.5. The quantitative estimate of drug-likeness (QED) is 0.410. The van der Waals surface area contributed by atoms with E-state index in [1.807, 2.05) is 29.7 Å². The molecule has 10 heteroatoms. The van der Waals surface area contributed by atoms with Gasteiger partial charge in [-0.05, 0) is 81.5 Å². The lowest BCUT2D eigenvalue weighted by atomic mass is 10.1. The minimum Gasteiger partial charge on any atom is -0.358 e. The van der Waals surface area contributed by atoms with Gasteiger partial charge in [0.25, 0.3) is 0 Å². The second-order valence-electron chi connectivity index (χ2n) is 11.0. The molecule has 202 valence electrons. The van der Waals surface area contributed by atoms with Crippen molar-refractivity contribution in [3.8, 4) is 0 Å². The molecular formula is C28H35N5O4S. The normalized spacial score (nSPS) is 20.0. The van der Waals surface area contributed by atoms with Gasteiger partial charge in [-0.25, -0.2) is 18.4 Å². The third-order valence-corrected chi connectivity index (χ3v) is 9.08. The van der Waals surface area contributed by atoms with Crippen molar-refractivity contribution in [1.29, 1.82) is 0 Å². The summed E-state index contributed by atoms with van der Waals surface area (Å²) in [5.74, 6) is 1.64. The SMILES string of the molecule is Cc1nc2c(Nc3ccc(C4CC4)cc3N(C)S(C)(=O)=O)cc(CC(=O)C3CC3)nc2n1C1CCCCO1. The van der Waals surface area contributed by atoms with Crippen LogP contribution in [0.2, 0.25) is 0 Å². The molecule has 1 N–H and O–H groups in total. The number of fused-ring (bicyclic) bond motifs is 1. The highest BCUT2D eigenvalue weighted by Crippen LogP contribution is 2.44. The lowest BCUT2D eigenvalue weighted by Gasteiger charge is -2.25. The largest absolute Gasteiger partial charge is 0.358 e. The minimum atomic E-state index is -3.48. The molecule has 0 amide bonds. The number of carbonyl (C=O) groups is 1. The number of anilines is 3. The standard InChI is InChI=1S/C28H35N5O4S/c1-17-29-27-23(31-22-12-11-20(18-7-8-18)14-24(22)32(2)38(3,35)36)15-21(16-25(34)19-9-10-19)30-28(27)33(17)26-6-4-5-13-37-26/h11-12,14-15,18-19,26H,4-10,13,16H2,1-3H3,(H,30,31). The zero-order chi connectivity index (χ0) is 26.6. The topological polar surface area (TPSA) is 106 Å². The first kappa shape index (κ1) is 25.3. The van der Waals surface area contributed by atoms with Crippen molar-refractivity contribution < 1.29 is 17.9 Å². The minimum absolute atomic E-state index is 0.141. The van der Waals surface area contributed by atoms with Crippen molar-refractivity contribution in [1.82, 2.24) is 14.5 Å². The molecule has 0 bridgehead atoms. The molecule has 1 saturated heterocycles. The summed E-state index contributed by atoms with van der Waals surface area (Å²) in [5, 5.41) is 3.48. The molecule has 0 radical (unpaired) electrons. The van der Waals surface area contributed by atoms with Crippen molar-refractivity contribution in [2.24, 2.45) is 5.92 Å². The number of hydrogen-bond donors (Lipinski definition) is 1. The monoisotopic (exact) mass is 537 g/mol. The van der Waals surface area contributed by atoms with E-state index in [9.17, 15) is 13.2 Å². The lowest BCUT2D eigenvalue weighted by Crippen LogP contribution is -2.25. The van der Waals surface area contributed by atoms with Crippen molar-refractivity contribution in [2.75, 3.05) is 29.5 Å². The number of Topliss-reactive ketones (excluding diaryl/α,β-unsaturated/α-hetero) is 1. The van der Waals surface area contributed by atoms with Gasteiger partial charge >= 0.3 is 0 Å². The molecule has 38 heavy (non-hydrogen) atoms. The zero-order valence-electron chi connectivity index (χ0n) is 22.2. The summed E-state index contributed by atoms with van der Waals surface area (Å²) in [6, 6.07) is 7.87. The summed E-state index contributed by atoms with van der Waals surface area (Å²) in [4.78, 5) is 22.5. The first-order valence-corrected chi connectivity index (χ1v) is 15.4. The first-order chi connectivity index (χ1) is 18.2. The number of aryl methyl sites for hydroxylation is 1. The van der Waals surface area contributed by atoms with Crippen LogP contribution in [-0.2, 0) is 26.0 Å². The van der Waals surface area contributed by atoms with Crippen LogP contribution >= 0.6 is 0 Å². The predicted octanol–water partition coefficient (Wildman–Crippen LogP) is 4.98.